The summed E-state index contributed by atoms with van der Waals surface area (Å²) in [4.78, 5) is 19.4. The molecule has 0 spiro atoms. The van der Waals surface area contributed by atoms with Gasteiger partial charge in [-0.1, -0.05) is 42.5 Å². The van der Waals surface area contributed by atoms with Gasteiger partial charge in [-0.25, -0.2) is 4.98 Å². The lowest BCUT2D eigenvalue weighted by molar-refractivity contribution is 0.0638. The summed E-state index contributed by atoms with van der Waals surface area (Å²) in [7, 11) is 0. The highest BCUT2D eigenvalue weighted by atomic mass is 16.3. The van der Waals surface area contributed by atoms with E-state index < -0.39 is 0 Å². The van der Waals surface area contributed by atoms with E-state index in [1.165, 1.54) is 0 Å². The maximum Gasteiger partial charge on any atom is 0.265 e. The van der Waals surface area contributed by atoms with Gasteiger partial charge in [-0.2, -0.15) is 0 Å². The molecule has 5 rings (SSSR count). The highest BCUT2D eigenvalue weighted by Crippen LogP contribution is 2.29. The third kappa shape index (κ3) is 3.08. The quantitative estimate of drug-likeness (QED) is 0.518. The third-order valence-corrected chi connectivity index (χ3v) is 5.50. The standard InChI is InChI=1S/C23H21N5O2/c1-15-14-30-22(24-15)21-26-25-20-16(2)27(12-13-28(20)21)23(29)19-10-8-18(9-11-19)17-6-4-3-5-7-17/h3-11,14,16H,12-13H2,1-2H3/t16-/m1/s1. The Labute approximate surface area is 174 Å². The highest BCUT2D eigenvalue weighted by Gasteiger charge is 2.33. The number of hydrogen-bond acceptors (Lipinski definition) is 5. The van der Waals surface area contributed by atoms with Crippen molar-refractivity contribution in [1.82, 2.24) is 24.6 Å². The van der Waals surface area contributed by atoms with Gasteiger partial charge >= 0.3 is 0 Å². The van der Waals surface area contributed by atoms with E-state index in [9.17, 15) is 4.79 Å². The van der Waals surface area contributed by atoms with E-state index in [1.807, 2.05) is 65.8 Å². The lowest BCUT2D eigenvalue weighted by Crippen LogP contribution is -2.41. The van der Waals surface area contributed by atoms with Gasteiger partial charge in [0, 0.05) is 18.7 Å². The van der Waals surface area contributed by atoms with Gasteiger partial charge in [-0.15, -0.1) is 10.2 Å². The molecule has 0 bridgehead atoms. The van der Waals surface area contributed by atoms with Crippen LogP contribution in [0.4, 0.5) is 0 Å². The number of carbonyl (C=O) groups excluding carboxylic acids is 1. The Kier molecular flexibility index (Phi) is 4.43. The van der Waals surface area contributed by atoms with Gasteiger partial charge < -0.3 is 13.9 Å². The largest absolute Gasteiger partial charge is 0.442 e. The van der Waals surface area contributed by atoms with Crippen molar-refractivity contribution in [1.29, 1.82) is 0 Å². The van der Waals surface area contributed by atoms with Gasteiger partial charge in [0.05, 0.1) is 11.7 Å². The van der Waals surface area contributed by atoms with Crippen molar-refractivity contribution in [2.24, 2.45) is 0 Å². The molecule has 0 saturated heterocycles. The second kappa shape index (κ2) is 7.26. The fourth-order valence-electron chi connectivity index (χ4n) is 3.88. The SMILES string of the molecule is Cc1coc(-c2nnc3n2CCN(C(=O)c2ccc(-c4ccccc4)cc2)[C@@H]3C)n1. The summed E-state index contributed by atoms with van der Waals surface area (Å²) in [6.07, 6.45) is 1.60. The molecule has 0 radical (unpaired) electrons. The minimum atomic E-state index is -0.197. The zero-order valence-corrected chi connectivity index (χ0v) is 16.8. The average Bonchev–Trinajstić information content (AvgIpc) is 3.41. The van der Waals surface area contributed by atoms with Crippen molar-refractivity contribution in [2.75, 3.05) is 6.54 Å². The molecule has 0 saturated carbocycles. The van der Waals surface area contributed by atoms with E-state index >= 15 is 0 Å². The number of fused-ring (bicyclic) bond motifs is 1. The molecule has 7 nitrogen and oxygen atoms in total. The monoisotopic (exact) mass is 399 g/mol. The molecule has 0 aliphatic carbocycles. The molecule has 3 heterocycles. The Balaban J connectivity index is 1.38. The third-order valence-electron chi connectivity index (χ3n) is 5.50. The average molecular weight is 399 g/mol. The summed E-state index contributed by atoms with van der Waals surface area (Å²) in [6.45, 7) is 5.00. The molecule has 2 aromatic heterocycles. The zero-order valence-electron chi connectivity index (χ0n) is 16.8. The number of oxazole rings is 1. The Morgan fingerprint density at radius 3 is 2.43 bits per heavy atom. The maximum absolute atomic E-state index is 13.2. The Morgan fingerprint density at radius 2 is 1.73 bits per heavy atom. The van der Waals surface area contributed by atoms with Crippen LogP contribution in [0.5, 0.6) is 0 Å². The Hall–Kier alpha value is -3.74. The Morgan fingerprint density at radius 1 is 1.00 bits per heavy atom. The molecular weight excluding hydrogens is 378 g/mol. The predicted octanol–water partition coefficient (Wildman–Crippen LogP) is 4.13. The topological polar surface area (TPSA) is 77.0 Å². The van der Waals surface area contributed by atoms with E-state index in [2.05, 4.69) is 27.3 Å². The fraction of sp³-hybridized carbons (Fsp3) is 0.217. The molecule has 30 heavy (non-hydrogen) atoms. The van der Waals surface area contributed by atoms with E-state index in [0.29, 0.717) is 30.4 Å². The van der Waals surface area contributed by atoms with E-state index in [1.54, 1.807) is 6.26 Å². The van der Waals surface area contributed by atoms with Gasteiger partial charge in [-0.05, 0) is 37.1 Å². The van der Waals surface area contributed by atoms with Crippen molar-refractivity contribution in [3.05, 3.63) is 77.9 Å². The highest BCUT2D eigenvalue weighted by molar-refractivity contribution is 5.95. The fourth-order valence-corrected chi connectivity index (χ4v) is 3.88. The number of carbonyl (C=O) groups is 1. The van der Waals surface area contributed by atoms with Crippen LogP contribution in [0, 0.1) is 6.92 Å². The van der Waals surface area contributed by atoms with Crippen molar-refractivity contribution in [3.8, 4) is 22.8 Å². The second-order valence-electron chi connectivity index (χ2n) is 7.45. The number of rotatable bonds is 3. The number of nitrogens with zero attached hydrogens (tertiary/aromatic N) is 5. The van der Waals surface area contributed by atoms with Gasteiger partial charge in [0.2, 0.25) is 5.82 Å². The molecule has 2 aromatic carbocycles. The minimum Gasteiger partial charge on any atom is -0.442 e. The minimum absolute atomic E-state index is 0.00937. The van der Waals surface area contributed by atoms with Crippen molar-refractivity contribution >= 4 is 5.91 Å². The lowest BCUT2D eigenvalue weighted by Gasteiger charge is -2.33. The lowest BCUT2D eigenvalue weighted by atomic mass is 10.0. The van der Waals surface area contributed by atoms with Crippen LogP contribution in [0.15, 0.2) is 65.3 Å². The molecule has 4 aromatic rings. The molecule has 0 fully saturated rings. The number of aromatic nitrogens is 4. The van der Waals surface area contributed by atoms with Gasteiger partial charge in [-0.3, -0.25) is 4.79 Å². The first-order valence-corrected chi connectivity index (χ1v) is 9.94. The number of hydrogen-bond donors (Lipinski definition) is 0. The van der Waals surface area contributed by atoms with Crippen LogP contribution in [0.25, 0.3) is 22.8 Å². The van der Waals surface area contributed by atoms with Crippen molar-refractivity contribution in [2.45, 2.75) is 26.4 Å². The van der Waals surface area contributed by atoms with E-state index in [-0.39, 0.29) is 11.9 Å². The summed E-state index contributed by atoms with van der Waals surface area (Å²) in [6, 6.07) is 17.7. The normalized spacial score (nSPS) is 15.8. The summed E-state index contributed by atoms with van der Waals surface area (Å²) in [5.41, 5.74) is 3.68. The Bertz CT molecular complexity index is 1190. The van der Waals surface area contributed by atoms with E-state index in [0.717, 1.165) is 22.6 Å². The van der Waals surface area contributed by atoms with Gasteiger partial charge in [0.25, 0.3) is 11.8 Å². The summed E-state index contributed by atoms with van der Waals surface area (Å²) in [5, 5.41) is 8.58. The number of aryl methyl sites for hydroxylation is 1. The summed E-state index contributed by atoms with van der Waals surface area (Å²) in [5.74, 6) is 1.78. The van der Waals surface area contributed by atoms with Crippen LogP contribution in [0.1, 0.15) is 34.8 Å². The second-order valence-corrected chi connectivity index (χ2v) is 7.45. The smallest absolute Gasteiger partial charge is 0.265 e. The predicted molar refractivity (Wildman–Crippen MR) is 112 cm³/mol. The first kappa shape index (κ1) is 18.3. The van der Waals surface area contributed by atoms with Crippen LogP contribution < -0.4 is 0 Å². The number of amides is 1. The van der Waals surface area contributed by atoms with Crippen LogP contribution in [-0.2, 0) is 6.54 Å². The first-order valence-electron chi connectivity index (χ1n) is 9.94. The summed E-state index contributed by atoms with van der Waals surface area (Å²) >= 11 is 0. The molecule has 0 N–H and O–H groups in total. The molecule has 1 aliphatic rings. The molecular formula is C23H21N5O2. The van der Waals surface area contributed by atoms with Crippen LogP contribution in [-0.4, -0.2) is 37.1 Å². The van der Waals surface area contributed by atoms with Crippen LogP contribution >= 0.6 is 0 Å². The summed E-state index contributed by atoms with van der Waals surface area (Å²) < 4.78 is 7.47. The number of benzene rings is 2. The van der Waals surface area contributed by atoms with Crippen LogP contribution in [0.2, 0.25) is 0 Å². The van der Waals surface area contributed by atoms with Gasteiger partial charge in [0.15, 0.2) is 5.82 Å². The zero-order chi connectivity index (χ0) is 20.7. The van der Waals surface area contributed by atoms with Crippen molar-refractivity contribution < 1.29 is 9.21 Å². The first-order chi connectivity index (χ1) is 14.6. The van der Waals surface area contributed by atoms with Crippen molar-refractivity contribution in [3.63, 3.8) is 0 Å². The molecule has 0 unspecified atom stereocenters. The van der Waals surface area contributed by atoms with Crippen LogP contribution in [0.3, 0.4) is 0 Å². The van der Waals surface area contributed by atoms with Gasteiger partial charge in [0.1, 0.15) is 6.26 Å². The molecule has 1 amide bonds. The molecule has 7 heteroatoms. The maximum atomic E-state index is 13.2. The molecule has 1 aliphatic heterocycles. The molecule has 150 valence electrons. The van der Waals surface area contributed by atoms with E-state index in [4.69, 9.17) is 4.42 Å². The molecule has 1 atom stereocenters.